The number of rotatable bonds is 3. The Hall–Kier alpha value is -1.71. The minimum atomic E-state index is -0.408. The van der Waals surface area contributed by atoms with Crippen LogP contribution in [-0.4, -0.2) is 15.7 Å². The lowest BCUT2D eigenvalue weighted by molar-refractivity contribution is 0.112. The number of aldehydes is 1. The zero-order valence-corrected chi connectivity index (χ0v) is 8.40. The molecular weight excluding hydrogens is 195 g/mol. The smallest absolute Gasteiger partial charge is 0.170 e. The van der Waals surface area contributed by atoms with E-state index in [1.807, 2.05) is 6.92 Å². The number of carbonyl (C=O) groups excluding carboxylic acids is 1. The number of carbonyl (C=O) groups is 1. The summed E-state index contributed by atoms with van der Waals surface area (Å²) in [5.41, 5.74) is 0.451. The van der Waals surface area contributed by atoms with E-state index in [1.54, 1.807) is 16.7 Å². The highest BCUT2D eigenvalue weighted by Crippen LogP contribution is 2.16. The minimum absolute atomic E-state index is 0.177. The summed E-state index contributed by atoms with van der Waals surface area (Å²) >= 11 is 0. The largest absolute Gasteiger partial charge is 0.300 e. The maximum atomic E-state index is 13.5. The van der Waals surface area contributed by atoms with Crippen LogP contribution >= 0.6 is 0 Å². The Labute approximate surface area is 86.6 Å². The molecule has 0 aliphatic heterocycles. The third-order valence-electron chi connectivity index (χ3n) is 2.30. The molecule has 3 nitrogen and oxygen atoms in total. The number of hydrogen-bond donors (Lipinski definition) is 0. The van der Waals surface area contributed by atoms with Gasteiger partial charge in [0.1, 0.15) is 22.9 Å². The molecular formula is C11H11FN2O. The molecule has 0 aliphatic carbocycles. The molecule has 2 heterocycles. The van der Waals surface area contributed by atoms with Crippen LogP contribution in [0.2, 0.25) is 0 Å². The zero-order valence-electron chi connectivity index (χ0n) is 8.40. The van der Waals surface area contributed by atoms with Crippen LogP contribution in [0.5, 0.6) is 0 Å². The van der Waals surface area contributed by atoms with E-state index >= 15 is 0 Å². The first-order chi connectivity index (χ1) is 7.27. The van der Waals surface area contributed by atoms with Gasteiger partial charge in [-0.25, -0.2) is 9.37 Å². The normalized spacial score (nSPS) is 10.8. The van der Waals surface area contributed by atoms with Crippen LogP contribution in [0.3, 0.4) is 0 Å². The molecule has 0 aliphatic rings. The van der Waals surface area contributed by atoms with Gasteiger partial charge in [0.05, 0.1) is 0 Å². The summed E-state index contributed by atoms with van der Waals surface area (Å²) in [5, 5.41) is 0. The summed E-state index contributed by atoms with van der Waals surface area (Å²) in [6.07, 6.45) is 3.97. The number of nitrogens with zero attached hydrogens (tertiary/aromatic N) is 2. The first kappa shape index (κ1) is 9.83. The van der Waals surface area contributed by atoms with Gasteiger partial charge < -0.3 is 4.40 Å². The predicted molar refractivity (Wildman–Crippen MR) is 54.5 cm³/mol. The molecule has 0 unspecified atom stereocenters. The highest BCUT2D eigenvalue weighted by molar-refractivity contribution is 5.84. The standard InChI is InChI=1S/C11H11FN2O/c1-2-4-10-13-9(7-15)11-8(12)5-3-6-14(10)11/h3,5-7H,2,4H2,1H3. The lowest BCUT2D eigenvalue weighted by Gasteiger charge is -1.98. The van der Waals surface area contributed by atoms with E-state index in [0.717, 1.165) is 18.7 Å². The summed E-state index contributed by atoms with van der Waals surface area (Å²) in [7, 11) is 0. The van der Waals surface area contributed by atoms with E-state index in [2.05, 4.69) is 4.98 Å². The Bertz CT molecular complexity index is 505. The highest BCUT2D eigenvalue weighted by Gasteiger charge is 2.12. The summed E-state index contributed by atoms with van der Waals surface area (Å²) < 4.78 is 15.1. The van der Waals surface area contributed by atoms with Crippen molar-refractivity contribution in [1.82, 2.24) is 9.38 Å². The van der Waals surface area contributed by atoms with Crippen LogP contribution in [0, 0.1) is 5.82 Å². The van der Waals surface area contributed by atoms with Crippen LogP contribution in [0.15, 0.2) is 18.3 Å². The Balaban J connectivity index is 2.75. The zero-order chi connectivity index (χ0) is 10.8. The molecule has 0 N–H and O–H groups in total. The molecule has 78 valence electrons. The number of imidazole rings is 1. The van der Waals surface area contributed by atoms with Crippen molar-refractivity contribution >= 4 is 11.8 Å². The van der Waals surface area contributed by atoms with Gasteiger partial charge in [-0.1, -0.05) is 6.92 Å². The molecule has 0 radical (unpaired) electrons. The number of pyridine rings is 1. The van der Waals surface area contributed by atoms with Crippen LogP contribution in [0.4, 0.5) is 4.39 Å². The first-order valence-electron chi connectivity index (χ1n) is 4.88. The second-order valence-corrected chi connectivity index (χ2v) is 3.36. The number of halogens is 1. The Kier molecular flexibility index (Phi) is 2.49. The van der Waals surface area contributed by atoms with Gasteiger partial charge in [-0.2, -0.15) is 0 Å². The maximum absolute atomic E-state index is 13.5. The van der Waals surface area contributed by atoms with Crippen molar-refractivity contribution < 1.29 is 9.18 Å². The third-order valence-corrected chi connectivity index (χ3v) is 2.30. The first-order valence-corrected chi connectivity index (χ1v) is 4.88. The van der Waals surface area contributed by atoms with Crippen molar-refractivity contribution in [3.63, 3.8) is 0 Å². The lowest BCUT2D eigenvalue weighted by Crippen LogP contribution is -1.94. The molecule has 0 amide bonds. The van der Waals surface area contributed by atoms with Crippen LogP contribution in [-0.2, 0) is 6.42 Å². The molecule has 2 aromatic rings. The average molecular weight is 206 g/mol. The quantitative estimate of drug-likeness (QED) is 0.722. The SMILES string of the molecule is CCCc1nc(C=O)c2c(F)cccn12. The van der Waals surface area contributed by atoms with Crippen molar-refractivity contribution in [2.75, 3.05) is 0 Å². The van der Waals surface area contributed by atoms with Gasteiger partial charge in [-0.3, -0.25) is 4.79 Å². The number of aromatic nitrogens is 2. The fourth-order valence-electron chi connectivity index (χ4n) is 1.67. The van der Waals surface area contributed by atoms with E-state index in [9.17, 15) is 9.18 Å². The van der Waals surface area contributed by atoms with Gasteiger partial charge in [0.15, 0.2) is 6.29 Å². The van der Waals surface area contributed by atoms with Crippen molar-refractivity contribution in [2.24, 2.45) is 0 Å². The van der Waals surface area contributed by atoms with Crippen molar-refractivity contribution in [3.8, 4) is 0 Å². The fourth-order valence-corrected chi connectivity index (χ4v) is 1.67. The maximum Gasteiger partial charge on any atom is 0.170 e. The van der Waals surface area contributed by atoms with Crippen LogP contribution in [0.25, 0.3) is 5.52 Å². The van der Waals surface area contributed by atoms with Crippen LogP contribution in [0.1, 0.15) is 29.7 Å². The second kappa shape index (κ2) is 3.81. The van der Waals surface area contributed by atoms with Crippen molar-refractivity contribution in [1.29, 1.82) is 0 Å². The highest BCUT2D eigenvalue weighted by atomic mass is 19.1. The minimum Gasteiger partial charge on any atom is -0.300 e. The topological polar surface area (TPSA) is 34.4 Å². The molecule has 2 rings (SSSR count). The van der Waals surface area contributed by atoms with Gasteiger partial charge in [-0.15, -0.1) is 0 Å². The average Bonchev–Trinajstić information content (AvgIpc) is 2.59. The molecule has 4 heteroatoms. The Morgan fingerprint density at radius 2 is 2.40 bits per heavy atom. The van der Waals surface area contributed by atoms with Gasteiger partial charge in [-0.05, 0) is 18.6 Å². The van der Waals surface area contributed by atoms with Gasteiger partial charge >= 0.3 is 0 Å². The fraction of sp³-hybridized carbons (Fsp3) is 0.273. The molecule has 0 bridgehead atoms. The van der Waals surface area contributed by atoms with E-state index in [1.165, 1.54) is 6.07 Å². The monoisotopic (exact) mass is 206 g/mol. The Morgan fingerprint density at radius 1 is 1.60 bits per heavy atom. The van der Waals surface area contributed by atoms with E-state index in [-0.39, 0.29) is 11.2 Å². The number of fused-ring (bicyclic) bond motifs is 1. The lowest BCUT2D eigenvalue weighted by atomic mass is 10.3. The van der Waals surface area contributed by atoms with E-state index in [4.69, 9.17) is 0 Å². The van der Waals surface area contributed by atoms with E-state index < -0.39 is 5.82 Å². The molecule has 0 spiro atoms. The molecule has 2 aromatic heterocycles. The van der Waals surface area contributed by atoms with Crippen molar-refractivity contribution in [3.05, 3.63) is 35.7 Å². The predicted octanol–water partition coefficient (Wildman–Crippen LogP) is 2.24. The van der Waals surface area contributed by atoms with Gasteiger partial charge in [0, 0.05) is 12.6 Å². The molecule has 0 atom stereocenters. The Morgan fingerprint density at radius 3 is 3.07 bits per heavy atom. The summed E-state index contributed by atoms with van der Waals surface area (Å²) in [5.74, 6) is 0.323. The molecule has 15 heavy (non-hydrogen) atoms. The second-order valence-electron chi connectivity index (χ2n) is 3.36. The van der Waals surface area contributed by atoms with Gasteiger partial charge in [0.25, 0.3) is 0 Å². The summed E-state index contributed by atoms with van der Waals surface area (Å²) in [6, 6.07) is 2.94. The number of hydrogen-bond acceptors (Lipinski definition) is 2. The number of aryl methyl sites for hydroxylation is 1. The van der Waals surface area contributed by atoms with Gasteiger partial charge in [0.2, 0.25) is 0 Å². The third kappa shape index (κ3) is 1.52. The van der Waals surface area contributed by atoms with E-state index in [0.29, 0.717) is 6.29 Å². The molecule has 0 saturated carbocycles. The van der Waals surface area contributed by atoms with Crippen molar-refractivity contribution in [2.45, 2.75) is 19.8 Å². The summed E-state index contributed by atoms with van der Waals surface area (Å²) in [4.78, 5) is 14.9. The summed E-state index contributed by atoms with van der Waals surface area (Å²) in [6.45, 7) is 2.01. The van der Waals surface area contributed by atoms with Crippen LogP contribution < -0.4 is 0 Å². The molecule has 0 fully saturated rings. The molecule has 0 aromatic carbocycles. The molecule has 0 saturated heterocycles.